The minimum Gasteiger partial charge on any atom is -0.480 e. The third-order valence-corrected chi connectivity index (χ3v) is 3.42. The number of carbonyl (C=O) groups is 3. The maximum Gasteiger partial charge on any atom is 0.328 e. The highest BCUT2D eigenvalue weighted by Crippen LogP contribution is 2.25. The zero-order chi connectivity index (χ0) is 13.0. The fourth-order valence-corrected chi connectivity index (χ4v) is 2.70. The highest BCUT2D eigenvalue weighted by Gasteiger charge is 2.38. The quantitative estimate of drug-likeness (QED) is 0.748. The van der Waals surface area contributed by atoms with E-state index in [0.29, 0.717) is 0 Å². The molecule has 17 heavy (non-hydrogen) atoms. The van der Waals surface area contributed by atoms with Crippen LogP contribution in [0.3, 0.4) is 0 Å². The Kier molecular flexibility index (Phi) is 4.95. The minimum atomic E-state index is -1.09. The average molecular weight is 261 g/mol. The second-order valence-electron chi connectivity index (χ2n) is 3.79. The summed E-state index contributed by atoms with van der Waals surface area (Å²) < 4.78 is 4.79. The molecular formula is C10H15NO5S. The van der Waals surface area contributed by atoms with Crippen molar-refractivity contribution in [3.05, 3.63) is 0 Å². The van der Waals surface area contributed by atoms with Gasteiger partial charge in [0.05, 0.1) is 6.61 Å². The molecule has 0 aromatic rings. The fourth-order valence-electron chi connectivity index (χ4n) is 1.76. The van der Waals surface area contributed by atoms with E-state index < -0.39 is 12.0 Å². The first-order chi connectivity index (χ1) is 7.95. The first kappa shape index (κ1) is 14.0. The number of carboxylic acids is 1. The summed E-state index contributed by atoms with van der Waals surface area (Å²) in [5, 5.41) is 8.78. The lowest BCUT2D eigenvalue weighted by atomic mass is 10.3. The van der Waals surface area contributed by atoms with Gasteiger partial charge in [0, 0.05) is 32.2 Å². The SMILES string of the molecule is COC[C@@H](C(=O)O)N1CC(SC(C)=O)CC1=O. The van der Waals surface area contributed by atoms with Crippen LogP contribution in [0.25, 0.3) is 0 Å². The number of rotatable bonds is 5. The molecule has 2 atom stereocenters. The number of likely N-dealkylation sites (tertiary alicyclic amines) is 1. The van der Waals surface area contributed by atoms with Gasteiger partial charge >= 0.3 is 5.97 Å². The molecule has 0 saturated carbocycles. The van der Waals surface area contributed by atoms with Crippen LogP contribution in [0.4, 0.5) is 0 Å². The van der Waals surface area contributed by atoms with Gasteiger partial charge in [-0.3, -0.25) is 9.59 Å². The first-order valence-corrected chi connectivity index (χ1v) is 6.02. The highest BCUT2D eigenvalue weighted by atomic mass is 32.2. The lowest BCUT2D eigenvalue weighted by Gasteiger charge is -2.23. The van der Waals surface area contributed by atoms with E-state index in [2.05, 4.69) is 0 Å². The summed E-state index contributed by atoms with van der Waals surface area (Å²) in [6.45, 7) is 1.67. The van der Waals surface area contributed by atoms with Crippen LogP contribution >= 0.6 is 11.8 Å². The third kappa shape index (κ3) is 3.71. The standard InChI is InChI=1S/C10H15NO5S/c1-6(12)17-7-3-9(13)11(4-7)8(5-16-2)10(14)15/h7-8H,3-5H2,1-2H3,(H,14,15)/t7?,8-/m0/s1. The Morgan fingerprint density at radius 1 is 1.65 bits per heavy atom. The van der Waals surface area contributed by atoms with Gasteiger partial charge in [0.2, 0.25) is 5.91 Å². The van der Waals surface area contributed by atoms with Gasteiger partial charge in [0.25, 0.3) is 0 Å². The van der Waals surface area contributed by atoms with E-state index in [1.54, 1.807) is 0 Å². The number of nitrogens with zero attached hydrogens (tertiary/aromatic N) is 1. The summed E-state index contributed by atoms with van der Waals surface area (Å²) in [6, 6.07) is -0.968. The lowest BCUT2D eigenvalue weighted by Crippen LogP contribution is -2.45. The first-order valence-electron chi connectivity index (χ1n) is 5.14. The van der Waals surface area contributed by atoms with Crippen molar-refractivity contribution >= 4 is 28.8 Å². The maximum absolute atomic E-state index is 11.7. The largest absolute Gasteiger partial charge is 0.480 e. The maximum atomic E-state index is 11.7. The van der Waals surface area contributed by atoms with Crippen molar-refractivity contribution in [3.8, 4) is 0 Å². The molecule has 1 N–H and O–H groups in total. The molecule has 1 saturated heterocycles. The minimum absolute atomic E-state index is 0.0431. The number of methoxy groups -OCH3 is 1. The van der Waals surface area contributed by atoms with E-state index in [0.717, 1.165) is 11.8 Å². The number of hydrogen-bond donors (Lipinski definition) is 1. The summed E-state index contributed by atoms with van der Waals surface area (Å²) in [5.74, 6) is -1.33. The number of aliphatic carboxylic acids is 1. The molecule has 0 aromatic carbocycles. The van der Waals surface area contributed by atoms with Crippen molar-refractivity contribution < 1.29 is 24.2 Å². The molecule has 1 aliphatic heterocycles. The second kappa shape index (κ2) is 6.02. The highest BCUT2D eigenvalue weighted by molar-refractivity contribution is 8.14. The number of carbonyl (C=O) groups excluding carboxylic acids is 2. The summed E-state index contributed by atoms with van der Waals surface area (Å²) >= 11 is 1.08. The molecule has 1 aliphatic rings. The van der Waals surface area contributed by atoms with Crippen molar-refractivity contribution in [1.29, 1.82) is 0 Å². The van der Waals surface area contributed by atoms with Gasteiger partial charge in [-0.1, -0.05) is 11.8 Å². The van der Waals surface area contributed by atoms with Crippen molar-refractivity contribution in [2.75, 3.05) is 20.3 Å². The number of hydrogen-bond acceptors (Lipinski definition) is 5. The molecule has 0 spiro atoms. The van der Waals surface area contributed by atoms with E-state index in [9.17, 15) is 14.4 Å². The monoisotopic (exact) mass is 261 g/mol. The molecule has 1 fully saturated rings. The van der Waals surface area contributed by atoms with Crippen LogP contribution < -0.4 is 0 Å². The molecule has 0 bridgehead atoms. The van der Waals surface area contributed by atoms with Crippen LogP contribution in [0.5, 0.6) is 0 Å². The predicted molar refractivity (Wildman–Crippen MR) is 61.7 cm³/mol. The van der Waals surface area contributed by atoms with Crippen molar-refractivity contribution in [3.63, 3.8) is 0 Å². The molecule has 0 aliphatic carbocycles. The zero-order valence-corrected chi connectivity index (χ0v) is 10.5. The third-order valence-electron chi connectivity index (χ3n) is 2.44. The van der Waals surface area contributed by atoms with Gasteiger partial charge in [-0.25, -0.2) is 4.79 Å². The zero-order valence-electron chi connectivity index (χ0n) is 9.71. The van der Waals surface area contributed by atoms with Gasteiger partial charge in [0.15, 0.2) is 11.2 Å². The van der Waals surface area contributed by atoms with Crippen LogP contribution in [0, 0.1) is 0 Å². The van der Waals surface area contributed by atoms with E-state index >= 15 is 0 Å². The van der Waals surface area contributed by atoms with Gasteiger partial charge in [-0.2, -0.15) is 0 Å². The fraction of sp³-hybridized carbons (Fsp3) is 0.700. The molecule has 6 nitrogen and oxygen atoms in total. The van der Waals surface area contributed by atoms with Crippen LogP contribution in [-0.2, 0) is 19.1 Å². The Morgan fingerprint density at radius 2 is 2.29 bits per heavy atom. The van der Waals surface area contributed by atoms with Crippen molar-refractivity contribution in [1.82, 2.24) is 4.90 Å². The van der Waals surface area contributed by atoms with Gasteiger partial charge in [-0.05, 0) is 0 Å². The van der Waals surface area contributed by atoms with Crippen LogP contribution in [0.2, 0.25) is 0 Å². The van der Waals surface area contributed by atoms with E-state index in [-0.39, 0.29) is 35.8 Å². The molecule has 1 unspecified atom stereocenters. The molecule has 0 radical (unpaired) electrons. The number of ether oxygens (including phenoxy) is 1. The van der Waals surface area contributed by atoms with Crippen LogP contribution in [0.1, 0.15) is 13.3 Å². The van der Waals surface area contributed by atoms with Gasteiger partial charge in [0.1, 0.15) is 0 Å². The number of thioether (sulfide) groups is 1. The molecular weight excluding hydrogens is 246 g/mol. The van der Waals surface area contributed by atoms with E-state index in [4.69, 9.17) is 9.84 Å². The smallest absolute Gasteiger partial charge is 0.328 e. The molecule has 0 aromatic heterocycles. The molecule has 1 rings (SSSR count). The number of carboxylic acid groups (broad SMARTS) is 1. The summed E-state index contributed by atoms with van der Waals surface area (Å²) in [5.41, 5.74) is 0. The van der Waals surface area contributed by atoms with Gasteiger partial charge < -0.3 is 14.7 Å². The predicted octanol–water partition coefficient (Wildman–Crippen LogP) is -0.0334. The van der Waals surface area contributed by atoms with Crippen LogP contribution in [0.15, 0.2) is 0 Å². The molecule has 96 valence electrons. The summed E-state index contributed by atoms with van der Waals surface area (Å²) in [7, 11) is 1.39. The molecule has 7 heteroatoms. The summed E-state index contributed by atoms with van der Waals surface area (Å²) in [4.78, 5) is 34.9. The Labute approximate surface area is 103 Å². The average Bonchev–Trinajstić information content (AvgIpc) is 2.54. The normalized spacial score (nSPS) is 21.6. The van der Waals surface area contributed by atoms with Crippen molar-refractivity contribution in [2.24, 2.45) is 0 Å². The lowest BCUT2D eigenvalue weighted by molar-refractivity contribution is -0.150. The Bertz CT molecular complexity index is 333. The molecule has 1 heterocycles. The van der Waals surface area contributed by atoms with Crippen LogP contribution in [-0.4, -0.2) is 58.6 Å². The Morgan fingerprint density at radius 3 is 2.76 bits per heavy atom. The Balaban J connectivity index is 2.67. The van der Waals surface area contributed by atoms with E-state index in [1.807, 2.05) is 0 Å². The number of amides is 1. The van der Waals surface area contributed by atoms with Gasteiger partial charge in [-0.15, -0.1) is 0 Å². The summed E-state index contributed by atoms with van der Waals surface area (Å²) in [6.07, 6.45) is 0.206. The van der Waals surface area contributed by atoms with Crippen molar-refractivity contribution in [2.45, 2.75) is 24.6 Å². The molecule has 1 amide bonds. The topological polar surface area (TPSA) is 83.9 Å². The Hall–Kier alpha value is -1.08. The second-order valence-corrected chi connectivity index (χ2v) is 5.27. The van der Waals surface area contributed by atoms with E-state index in [1.165, 1.54) is 18.9 Å².